The predicted molar refractivity (Wildman–Crippen MR) is 84.4 cm³/mol. The third-order valence-corrected chi connectivity index (χ3v) is 3.16. The van der Waals surface area contributed by atoms with E-state index in [1.165, 1.54) is 0 Å². The van der Waals surface area contributed by atoms with Crippen molar-refractivity contribution in [1.82, 2.24) is 20.4 Å². The molecular weight excluding hydrogens is 278 g/mol. The second-order valence-corrected chi connectivity index (χ2v) is 4.94. The molecule has 0 bridgehead atoms. The van der Waals surface area contributed by atoms with E-state index < -0.39 is 0 Å². The first kappa shape index (κ1) is 13.9. The molecule has 1 heterocycles. The average molecular weight is 293 g/mol. The van der Waals surface area contributed by atoms with Gasteiger partial charge in [0.2, 0.25) is 0 Å². The van der Waals surface area contributed by atoms with Crippen LogP contribution in [0.5, 0.6) is 0 Å². The zero-order chi connectivity index (χ0) is 15.4. The SMILES string of the molecule is Cc1cccc(/C=N\NC(=O)Cn2nnc3ccccc32)c1. The van der Waals surface area contributed by atoms with Gasteiger partial charge in [0.15, 0.2) is 0 Å². The second kappa shape index (κ2) is 6.17. The molecule has 0 aliphatic carbocycles. The molecule has 0 saturated heterocycles. The van der Waals surface area contributed by atoms with Crippen LogP contribution in [0.25, 0.3) is 11.0 Å². The number of amides is 1. The summed E-state index contributed by atoms with van der Waals surface area (Å²) >= 11 is 0. The van der Waals surface area contributed by atoms with Crippen LogP contribution in [-0.4, -0.2) is 27.1 Å². The lowest BCUT2D eigenvalue weighted by molar-refractivity contribution is -0.121. The smallest absolute Gasteiger partial charge is 0.261 e. The monoisotopic (exact) mass is 293 g/mol. The van der Waals surface area contributed by atoms with Gasteiger partial charge in [-0.05, 0) is 24.6 Å². The Balaban J connectivity index is 1.63. The van der Waals surface area contributed by atoms with Crippen molar-refractivity contribution in [2.45, 2.75) is 13.5 Å². The fourth-order valence-corrected chi connectivity index (χ4v) is 2.13. The van der Waals surface area contributed by atoms with Gasteiger partial charge in [-0.1, -0.05) is 47.2 Å². The highest BCUT2D eigenvalue weighted by atomic mass is 16.2. The van der Waals surface area contributed by atoms with Gasteiger partial charge in [0.25, 0.3) is 5.91 Å². The van der Waals surface area contributed by atoms with E-state index in [0.29, 0.717) is 0 Å². The number of nitrogens with one attached hydrogen (secondary N) is 1. The Bertz CT molecular complexity index is 837. The quantitative estimate of drug-likeness (QED) is 0.590. The molecule has 22 heavy (non-hydrogen) atoms. The zero-order valence-corrected chi connectivity index (χ0v) is 12.1. The van der Waals surface area contributed by atoms with Gasteiger partial charge in [0.05, 0.1) is 11.7 Å². The van der Waals surface area contributed by atoms with E-state index in [0.717, 1.165) is 22.2 Å². The molecule has 0 fully saturated rings. The maximum absolute atomic E-state index is 11.9. The third kappa shape index (κ3) is 3.17. The Hall–Kier alpha value is -3.02. The number of hydrazone groups is 1. The molecule has 1 aromatic heterocycles. The van der Waals surface area contributed by atoms with Crippen LogP contribution >= 0.6 is 0 Å². The molecule has 0 spiro atoms. The van der Waals surface area contributed by atoms with E-state index in [2.05, 4.69) is 20.8 Å². The van der Waals surface area contributed by atoms with Crippen LogP contribution in [0.4, 0.5) is 0 Å². The second-order valence-electron chi connectivity index (χ2n) is 4.94. The van der Waals surface area contributed by atoms with Crippen molar-refractivity contribution < 1.29 is 4.79 Å². The molecule has 6 heteroatoms. The van der Waals surface area contributed by atoms with Crippen molar-refractivity contribution in [3.63, 3.8) is 0 Å². The van der Waals surface area contributed by atoms with Gasteiger partial charge in [-0.2, -0.15) is 5.10 Å². The van der Waals surface area contributed by atoms with Gasteiger partial charge in [0, 0.05) is 0 Å². The molecular formula is C16H15N5O. The minimum absolute atomic E-state index is 0.0751. The molecule has 6 nitrogen and oxygen atoms in total. The minimum atomic E-state index is -0.250. The summed E-state index contributed by atoms with van der Waals surface area (Å²) in [5.41, 5.74) is 6.16. The van der Waals surface area contributed by atoms with Crippen molar-refractivity contribution in [3.05, 3.63) is 59.7 Å². The summed E-state index contributed by atoms with van der Waals surface area (Å²) in [4.78, 5) is 11.9. The van der Waals surface area contributed by atoms with Crippen molar-refractivity contribution in [2.24, 2.45) is 5.10 Å². The number of benzene rings is 2. The number of nitrogens with zero attached hydrogens (tertiary/aromatic N) is 4. The van der Waals surface area contributed by atoms with Crippen molar-refractivity contribution in [3.8, 4) is 0 Å². The Kier molecular flexibility index (Phi) is 3.91. The number of hydrogen-bond acceptors (Lipinski definition) is 4. The molecule has 2 aromatic carbocycles. The summed E-state index contributed by atoms with van der Waals surface area (Å²) in [7, 11) is 0. The van der Waals surface area contributed by atoms with E-state index >= 15 is 0 Å². The highest BCUT2D eigenvalue weighted by Gasteiger charge is 2.07. The Morgan fingerprint density at radius 3 is 3.00 bits per heavy atom. The predicted octanol–water partition coefficient (Wildman–Crippen LogP) is 1.89. The van der Waals surface area contributed by atoms with E-state index in [1.54, 1.807) is 10.9 Å². The number of carbonyl (C=O) groups is 1. The normalized spacial score (nSPS) is 11.1. The standard InChI is InChI=1S/C16H15N5O/c1-12-5-4-6-13(9-12)10-17-19-16(22)11-21-15-8-3-2-7-14(15)18-20-21/h2-10H,11H2,1H3,(H,19,22)/b17-10-. The van der Waals surface area contributed by atoms with Crippen LogP contribution in [0.1, 0.15) is 11.1 Å². The summed E-state index contributed by atoms with van der Waals surface area (Å²) in [6.07, 6.45) is 1.62. The molecule has 3 rings (SSSR count). The van der Waals surface area contributed by atoms with Crippen LogP contribution in [-0.2, 0) is 11.3 Å². The summed E-state index contributed by atoms with van der Waals surface area (Å²) < 4.78 is 1.55. The van der Waals surface area contributed by atoms with Crippen LogP contribution in [0, 0.1) is 6.92 Å². The van der Waals surface area contributed by atoms with E-state index in [4.69, 9.17) is 0 Å². The minimum Gasteiger partial charge on any atom is -0.271 e. The fraction of sp³-hybridized carbons (Fsp3) is 0.125. The highest BCUT2D eigenvalue weighted by molar-refractivity contribution is 5.83. The van der Waals surface area contributed by atoms with Crippen LogP contribution in [0.2, 0.25) is 0 Å². The molecule has 0 radical (unpaired) electrons. The maximum atomic E-state index is 11.9. The first-order valence-electron chi connectivity index (χ1n) is 6.89. The summed E-state index contributed by atoms with van der Waals surface area (Å²) in [6.45, 7) is 2.08. The maximum Gasteiger partial charge on any atom is 0.261 e. The highest BCUT2D eigenvalue weighted by Crippen LogP contribution is 2.09. The molecule has 0 aliphatic heterocycles. The molecule has 0 atom stereocenters. The zero-order valence-electron chi connectivity index (χ0n) is 12.1. The van der Waals surface area contributed by atoms with Gasteiger partial charge in [-0.15, -0.1) is 5.10 Å². The lowest BCUT2D eigenvalue weighted by Crippen LogP contribution is -2.23. The van der Waals surface area contributed by atoms with Crippen LogP contribution < -0.4 is 5.43 Å². The summed E-state index contributed by atoms with van der Waals surface area (Å²) in [5, 5.41) is 11.9. The Morgan fingerprint density at radius 2 is 2.14 bits per heavy atom. The number of carbonyl (C=O) groups excluding carboxylic acids is 1. The largest absolute Gasteiger partial charge is 0.271 e. The Labute approximate surface area is 127 Å². The van der Waals surface area contributed by atoms with Gasteiger partial charge in [-0.3, -0.25) is 4.79 Å². The third-order valence-electron chi connectivity index (χ3n) is 3.16. The molecule has 3 aromatic rings. The van der Waals surface area contributed by atoms with Crippen molar-refractivity contribution in [2.75, 3.05) is 0 Å². The Morgan fingerprint density at radius 1 is 1.27 bits per heavy atom. The average Bonchev–Trinajstić information content (AvgIpc) is 2.91. The van der Waals surface area contributed by atoms with Crippen LogP contribution in [0.15, 0.2) is 53.6 Å². The lowest BCUT2D eigenvalue weighted by atomic mass is 10.2. The number of para-hydroxylation sites is 1. The molecule has 0 saturated carbocycles. The molecule has 110 valence electrons. The van der Waals surface area contributed by atoms with Gasteiger partial charge in [-0.25, -0.2) is 10.1 Å². The first-order valence-corrected chi connectivity index (χ1v) is 6.89. The van der Waals surface area contributed by atoms with Crippen molar-refractivity contribution >= 4 is 23.2 Å². The lowest BCUT2D eigenvalue weighted by Gasteiger charge is -2.01. The van der Waals surface area contributed by atoms with E-state index in [9.17, 15) is 4.79 Å². The first-order chi connectivity index (χ1) is 10.7. The number of rotatable bonds is 4. The molecule has 1 amide bonds. The molecule has 1 N–H and O–H groups in total. The summed E-state index contributed by atoms with van der Waals surface area (Å²) in [5.74, 6) is -0.250. The number of hydrogen-bond donors (Lipinski definition) is 1. The van der Waals surface area contributed by atoms with Crippen molar-refractivity contribution in [1.29, 1.82) is 0 Å². The topological polar surface area (TPSA) is 72.2 Å². The van der Waals surface area contributed by atoms with Crippen LogP contribution in [0.3, 0.4) is 0 Å². The molecule has 0 unspecified atom stereocenters. The number of aryl methyl sites for hydroxylation is 1. The summed E-state index contributed by atoms with van der Waals surface area (Å²) in [6, 6.07) is 15.4. The number of aromatic nitrogens is 3. The fourth-order valence-electron chi connectivity index (χ4n) is 2.13. The van der Waals surface area contributed by atoms with E-state index in [-0.39, 0.29) is 12.5 Å². The van der Waals surface area contributed by atoms with E-state index in [1.807, 2.05) is 55.5 Å². The van der Waals surface area contributed by atoms with Gasteiger partial charge >= 0.3 is 0 Å². The van der Waals surface area contributed by atoms with Gasteiger partial charge < -0.3 is 0 Å². The number of fused-ring (bicyclic) bond motifs is 1. The molecule has 0 aliphatic rings. The van der Waals surface area contributed by atoms with Gasteiger partial charge in [0.1, 0.15) is 12.1 Å².